The highest BCUT2D eigenvalue weighted by molar-refractivity contribution is 5.76. The van der Waals surface area contributed by atoms with Crippen LogP contribution >= 0.6 is 0 Å². The Balaban J connectivity index is 2.31. The predicted octanol–water partition coefficient (Wildman–Crippen LogP) is 2.24. The van der Waals surface area contributed by atoms with E-state index in [-0.39, 0.29) is 11.9 Å². The van der Waals surface area contributed by atoms with E-state index in [9.17, 15) is 4.79 Å². The van der Waals surface area contributed by atoms with Crippen molar-refractivity contribution >= 4 is 5.91 Å². The molecule has 0 aromatic heterocycles. The molecule has 17 heavy (non-hydrogen) atoms. The Morgan fingerprint density at radius 1 is 1.29 bits per heavy atom. The number of benzene rings is 1. The van der Waals surface area contributed by atoms with Crippen LogP contribution in [0.4, 0.5) is 0 Å². The number of amides is 1. The molecule has 0 aliphatic heterocycles. The van der Waals surface area contributed by atoms with Crippen LogP contribution in [0.15, 0.2) is 30.3 Å². The molecule has 1 unspecified atom stereocenters. The molecule has 1 atom stereocenters. The van der Waals surface area contributed by atoms with Gasteiger partial charge in [0.05, 0.1) is 0 Å². The summed E-state index contributed by atoms with van der Waals surface area (Å²) in [6.07, 6.45) is 1.36. The normalized spacial score (nSPS) is 12.5. The molecule has 94 valence electrons. The zero-order chi connectivity index (χ0) is 12.7. The highest BCUT2D eigenvalue weighted by Gasteiger charge is 2.10. The van der Waals surface area contributed by atoms with Crippen LogP contribution in [0.3, 0.4) is 0 Å². The average Bonchev–Trinajstić information content (AvgIpc) is 2.29. The van der Waals surface area contributed by atoms with E-state index in [2.05, 4.69) is 19.2 Å². The van der Waals surface area contributed by atoms with Crippen LogP contribution in [0.1, 0.15) is 38.3 Å². The number of nitrogens with two attached hydrogens (primary N) is 1. The highest BCUT2D eigenvalue weighted by Crippen LogP contribution is 2.12. The molecule has 0 radical (unpaired) electrons. The lowest BCUT2D eigenvalue weighted by atomic mass is 10.0. The first-order valence-electron chi connectivity index (χ1n) is 6.17. The Bertz CT molecular complexity index is 335. The van der Waals surface area contributed by atoms with E-state index in [1.165, 1.54) is 0 Å². The second-order valence-electron chi connectivity index (χ2n) is 4.75. The number of rotatable bonds is 6. The molecule has 0 aliphatic rings. The molecule has 0 saturated carbocycles. The lowest BCUT2D eigenvalue weighted by molar-refractivity contribution is -0.121. The van der Waals surface area contributed by atoms with Crippen molar-refractivity contribution < 1.29 is 4.79 Å². The summed E-state index contributed by atoms with van der Waals surface area (Å²) < 4.78 is 0. The predicted molar refractivity (Wildman–Crippen MR) is 70.5 cm³/mol. The Morgan fingerprint density at radius 3 is 2.53 bits per heavy atom. The number of carbonyl (C=O) groups is 1. The van der Waals surface area contributed by atoms with E-state index >= 15 is 0 Å². The summed E-state index contributed by atoms with van der Waals surface area (Å²) in [6.45, 7) is 5.02. The minimum atomic E-state index is -0.213. The fraction of sp³-hybridized carbons (Fsp3) is 0.500. The second-order valence-corrected chi connectivity index (χ2v) is 4.75. The first-order chi connectivity index (χ1) is 8.09. The van der Waals surface area contributed by atoms with E-state index < -0.39 is 0 Å². The maximum Gasteiger partial charge on any atom is 0.221 e. The van der Waals surface area contributed by atoms with Crippen molar-refractivity contribution in [2.24, 2.45) is 11.7 Å². The van der Waals surface area contributed by atoms with Gasteiger partial charge in [0.2, 0.25) is 5.91 Å². The van der Waals surface area contributed by atoms with Gasteiger partial charge >= 0.3 is 0 Å². The molecule has 3 nitrogen and oxygen atoms in total. The van der Waals surface area contributed by atoms with Crippen LogP contribution in [-0.2, 0) is 4.79 Å². The lowest BCUT2D eigenvalue weighted by Gasteiger charge is -2.12. The van der Waals surface area contributed by atoms with Gasteiger partial charge in [-0.05, 0) is 17.9 Å². The molecule has 1 aromatic rings. The minimum absolute atomic E-state index is 0.0296. The SMILES string of the molecule is CC(C)CCNC(=O)CC(N)c1ccccc1. The van der Waals surface area contributed by atoms with Crippen molar-refractivity contribution in [3.05, 3.63) is 35.9 Å². The van der Waals surface area contributed by atoms with E-state index in [1.807, 2.05) is 30.3 Å². The smallest absolute Gasteiger partial charge is 0.221 e. The van der Waals surface area contributed by atoms with E-state index in [1.54, 1.807) is 0 Å². The molecule has 0 spiro atoms. The first-order valence-corrected chi connectivity index (χ1v) is 6.17. The van der Waals surface area contributed by atoms with Gasteiger partial charge < -0.3 is 11.1 Å². The largest absolute Gasteiger partial charge is 0.356 e. The maximum atomic E-state index is 11.6. The molecule has 1 amide bonds. The van der Waals surface area contributed by atoms with Crippen molar-refractivity contribution in [3.8, 4) is 0 Å². The summed E-state index contributed by atoms with van der Waals surface area (Å²) in [6, 6.07) is 9.50. The van der Waals surface area contributed by atoms with Gasteiger partial charge in [-0.25, -0.2) is 0 Å². The first kappa shape index (κ1) is 13.7. The Labute approximate surface area is 103 Å². The van der Waals surface area contributed by atoms with Gasteiger partial charge in [0, 0.05) is 19.0 Å². The van der Waals surface area contributed by atoms with Crippen LogP contribution in [0.25, 0.3) is 0 Å². The Morgan fingerprint density at radius 2 is 1.94 bits per heavy atom. The fourth-order valence-electron chi connectivity index (χ4n) is 1.59. The monoisotopic (exact) mass is 234 g/mol. The van der Waals surface area contributed by atoms with Crippen molar-refractivity contribution in [2.45, 2.75) is 32.7 Å². The molecule has 3 N–H and O–H groups in total. The van der Waals surface area contributed by atoms with E-state index in [4.69, 9.17) is 5.73 Å². The third-order valence-corrected chi connectivity index (χ3v) is 2.68. The van der Waals surface area contributed by atoms with Gasteiger partial charge in [-0.15, -0.1) is 0 Å². The molecule has 0 heterocycles. The molecule has 1 rings (SSSR count). The number of carbonyl (C=O) groups excluding carboxylic acids is 1. The molecular formula is C14H22N2O. The number of hydrogen-bond acceptors (Lipinski definition) is 2. The third-order valence-electron chi connectivity index (χ3n) is 2.68. The standard InChI is InChI=1S/C14H22N2O/c1-11(2)8-9-16-14(17)10-13(15)12-6-4-3-5-7-12/h3-7,11,13H,8-10,15H2,1-2H3,(H,16,17). The Hall–Kier alpha value is -1.35. The minimum Gasteiger partial charge on any atom is -0.356 e. The van der Waals surface area contributed by atoms with Gasteiger partial charge in [0.25, 0.3) is 0 Å². The second kappa shape index (κ2) is 7.07. The molecule has 0 saturated heterocycles. The third kappa shape index (κ3) is 5.50. The van der Waals surface area contributed by atoms with Crippen molar-refractivity contribution in [1.82, 2.24) is 5.32 Å². The average molecular weight is 234 g/mol. The van der Waals surface area contributed by atoms with E-state index in [0.717, 1.165) is 18.5 Å². The van der Waals surface area contributed by atoms with Gasteiger partial charge in [-0.2, -0.15) is 0 Å². The molecule has 3 heteroatoms. The summed E-state index contributed by atoms with van der Waals surface area (Å²) in [5, 5.41) is 2.90. The van der Waals surface area contributed by atoms with Crippen molar-refractivity contribution in [1.29, 1.82) is 0 Å². The quantitative estimate of drug-likeness (QED) is 0.793. The number of hydrogen-bond donors (Lipinski definition) is 2. The fourth-order valence-corrected chi connectivity index (χ4v) is 1.59. The maximum absolute atomic E-state index is 11.6. The zero-order valence-electron chi connectivity index (χ0n) is 10.6. The highest BCUT2D eigenvalue weighted by atomic mass is 16.1. The van der Waals surface area contributed by atoms with Crippen LogP contribution in [-0.4, -0.2) is 12.5 Å². The van der Waals surface area contributed by atoms with Crippen molar-refractivity contribution in [3.63, 3.8) is 0 Å². The van der Waals surface area contributed by atoms with Crippen LogP contribution < -0.4 is 11.1 Å². The summed E-state index contributed by atoms with van der Waals surface area (Å²) in [7, 11) is 0. The summed E-state index contributed by atoms with van der Waals surface area (Å²) in [4.78, 5) is 11.6. The Kier molecular flexibility index (Phi) is 5.70. The number of nitrogens with one attached hydrogen (secondary N) is 1. The van der Waals surface area contributed by atoms with Crippen LogP contribution in [0.2, 0.25) is 0 Å². The summed E-state index contributed by atoms with van der Waals surface area (Å²) in [5.41, 5.74) is 6.97. The molecule has 1 aromatic carbocycles. The summed E-state index contributed by atoms with van der Waals surface area (Å²) >= 11 is 0. The van der Waals surface area contributed by atoms with Crippen molar-refractivity contribution in [2.75, 3.05) is 6.54 Å². The van der Waals surface area contributed by atoms with Gasteiger partial charge in [-0.1, -0.05) is 44.2 Å². The topological polar surface area (TPSA) is 55.1 Å². The van der Waals surface area contributed by atoms with E-state index in [0.29, 0.717) is 12.3 Å². The van der Waals surface area contributed by atoms with Gasteiger partial charge in [-0.3, -0.25) is 4.79 Å². The zero-order valence-corrected chi connectivity index (χ0v) is 10.6. The van der Waals surface area contributed by atoms with Crippen LogP contribution in [0.5, 0.6) is 0 Å². The molecule has 0 bridgehead atoms. The lowest BCUT2D eigenvalue weighted by Crippen LogP contribution is -2.28. The van der Waals surface area contributed by atoms with Crippen LogP contribution in [0, 0.1) is 5.92 Å². The summed E-state index contributed by atoms with van der Waals surface area (Å²) in [5.74, 6) is 0.639. The molecule has 0 aliphatic carbocycles. The molecule has 0 fully saturated rings. The molecular weight excluding hydrogens is 212 g/mol. The van der Waals surface area contributed by atoms with Gasteiger partial charge in [0.15, 0.2) is 0 Å². The van der Waals surface area contributed by atoms with Gasteiger partial charge in [0.1, 0.15) is 0 Å².